The van der Waals surface area contributed by atoms with Crippen molar-refractivity contribution in [2.24, 2.45) is 0 Å². The molecule has 0 aliphatic heterocycles. The largest absolute Gasteiger partial charge is 0.299 e. The summed E-state index contributed by atoms with van der Waals surface area (Å²) in [7, 11) is 0. The molecule has 2 aromatic heterocycles. The Morgan fingerprint density at radius 1 is 1.13 bits per heavy atom. The van der Waals surface area contributed by atoms with Gasteiger partial charge in [0.05, 0.1) is 0 Å². The van der Waals surface area contributed by atoms with Gasteiger partial charge in [-0.2, -0.15) is 0 Å². The fourth-order valence-corrected chi connectivity index (χ4v) is 4.31. The van der Waals surface area contributed by atoms with Crippen LogP contribution in [0.25, 0.3) is 11.4 Å². The van der Waals surface area contributed by atoms with Gasteiger partial charge in [-0.15, -0.1) is 10.2 Å². The van der Waals surface area contributed by atoms with E-state index in [1.165, 1.54) is 31.2 Å². The Morgan fingerprint density at radius 3 is 2.73 bits per heavy atom. The third-order valence-corrected chi connectivity index (χ3v) is 6.26. The molecule has 0 atom stereocenters. The van der Waals surface area contributed by atoms with Crippen LogP contribution in [-0.4, -0.2) is 19.7 Å². The van der Waals surface area contributed by atoms with Gasteiger partial charge in [0.1, 0.15) is 0 Å². The summed E-state index contributed by atoms with van der Waals surface area (Å²) in [6.07, 6.45) is 10.6. The maximum absolute atomic E-state index is 5.99. The molecule has 6 heteroatoms. The lowest BCUT2D eigenvalue weighted by atomic mass is 10.1. The van der Waals surface area contributed by atoms with Gasteiger partial charge < -0.3 is 0 Å². The number of unbranched alkanes of at least 4 members (excludes halogenated alkanes) is 3. The Hall–Kier alpha value is -2.29. The minimum atomic E-state index is 0.478. The third-order valence-electron chi connectivity index (χ3n) is 4.99. The van der Waals surface area contributed by atoms with Gasteiger partial charge in [-0.25, -0.2) is 0 Å². The van der Waals surface area contributed by atoms with Gasteiger partial charge in [0, 0.05) is 46.8 Å². The Balaban J connectivity index is 1.52. The molecular formula is C24H25ClN4S. The van der Waals surface area contributed by atoms with Gasteiger partial charge in [-0.1, -0.05) is 67.1 Å². The number of thioether (sulfide) groups is 1. The van der Waals surface area contributed by atoms with Gasteiger partial charge in [-0.3, -0.25) is 9.55 Å². The van der Waals surface area contributed by atoms with E-state index >= 15 is 0 Å². The first-order valence-corrected chi connectivity index (χ1v) is 11.9. The maximum Gasteiger partial charge on any atom is 0.192 e. The molecule has 2 heterocycles. The Labute approximate surface area is 187 Å². The third kappa shape index (κ3) is 5.44. The van der Waals surface area contributed by atoms with Crippen molar-refractivity contribution in [3.05, 3.63) is 58.9 Å². The summed E-state index contributed by atoms with van der Waals surface area (Å²) < 4.78 is 2.27. The van der Waals surface area contributed by atoms with Crippen LogP contribution in [-0.2, 0) is 5.75 Å². The van der Waals surface area contributed by atoms with Gasteiger partial charge in [0.15, 0.2) is 11.0 Å². The molecule has 154 valence electrons. The number of pyridine rings is 1. The molecule has 3 aromatic rings. The molecule has 1 aromatic carbocycles. The fourth-order valence-electron chi connectivity index (χ4n) is 3.22. The van der Waals surface area contributed by atoms with E-state index in [0.29, 0.717) is 6.04 Å². The first-order valence-electron chi connectivity index (χ1n) is 10.5. The molecule has 1 saturated carbocycles. The lowest BCUT2D eigenvalue weighted by Crippen LogP contribution is -2.00. The molecule has 0 saturated heterocycles. The molecule has 0 amide bonds. The molecule has 0 radical (unpaired) electrons. The molecule has 1 aliphatic carbocycles. The second kappa shape index (κ2) is 10.1. The van der Waals surface area contributed by atoms with E-state index in [1.54, 1.807) is 11.8 Å². The van der Waals surface area contributed by atoms with E-state index in [9.17, 15) is 0 Å². The van der Waals surface area contributed by atoms with E-state index in [0.717, 1.165) is 45.7 Å². The fraction of sp³-hybridized carbons (Fsp3) is 0.375. The minimum absolute atomic E-state index is 0.478. The normalized spacial score (nSPS) is 13.1. The van der Waals surface area contributed by atoms with Crippen molar-refractivity contribution >= 4 is 23.4 Å². The Bertz CT molecular complexity index is 1050. The highest BCUT2D eigenvalue weighted by Gasteiger charge is 2.30. The molecule has 4 nitrogen and oxygen atoms in total. The molecule has 0 bridgehead atoms. The van der Waals surface area contributed by atoms with Crippen LogP contribution >= 0.6 is 23.4 Å². The Kier molecular flexibility index (Phi) is 7.09. The zero-order chi connectivity index (χ0) is 20.8. The number of hydrogen-bond donors (Lipinski definition) is 0. The summed E-state index contributed by atoms with van der Waals surface area (Å²) in [4.78, 5) is 4.41. The zero-order valence-corrected chi connectivity index (χ0v) is 18.7. The van der Waals surface area contributed by atoms with Gasteiger partial charge >= 0.3 is 0 Å². The molecule has 0 spiro atoms. The number of benzene rings is 1. The van der Waals surface area contributed by atoms with Crippen molar-refractivity contribution in [2.45, 2.75) is 62.4 Å². The first kappa shape index (κ1) is 21.0. The van der Waals surface area contributed by atoms with Crippen LogP contribution < -0.4 is 0 Å². The molecular weight excluding hydrogens is 412 g/mol. The maximum atomic E-state index is 5.99. The average Bonchev–Trinajstić information content (AvgIpc) is 3.52. The van der Waals surface area contributed by atoms with Crippen LogP contribution in [0.2, 0.25) is 5.02 Å². The van der Waals surface area contributed by atoms with Crippen molar-refractivity contribution in [2.75, 3.05) is 0 Å². The van der Waals surface area contributed by atoms with E-state index in [1.807, 2.05) is 24.5 Å². The average molecular weight is 437 g/mol. The number of rotatable bonds is 8. The second-order valence-corrected chi connectivity index (χ2v) is 8.92. The van der Waals surface area contributed by atoms with Gasteiger partial charge in [-0.05, 0) is 43.0 Å². The summed E-state index contributed by atoms with van der Waals surface area (Å²) in [6, 6.07) is 10.5. The number of hydrogen-bond acceptors (Lipinski definition) is 4. The summed E-state index contributed by atoms with van der Waals surface area (Å²) >= 11 is 7.71. The van der Waals surface area contributed by atoms with Crippen LogP contribution in [0.15, 0.2) is 47.9 Å². The summed E-state index contributed by atoms with van der Waals surface area (Å²) in [5.41, 5.74) is 3.14. The number of nitrogens with zero attached hydrogens (tertiary/aromatic N) is 4. The smallest absolute Gasteiger partial charge is 0.192 e. The van der Waals surface area contributed by atoms with Crippen LogP contribution in [0.1, 0.15) is 62.6 Å². The molecule has 1 fully saturated rings. The molecule has 0 unspecified atom stereocenters. The number of aromatic nitrogens is 4. The molecule has 0 N–H and O–H groups in total. The highest BCUT2D eigenvalue weighted by atomic mass is 35.5. The van der Waals surface area contributed by atoms with Crippen LogP contribution in [0, 0.1) is 11.8 Å². The standard InChI is InChI=1S/C24H25ClN4S/c1-2-3-4-5-6-7-19-14-20(16-26-15-19)23-27-28-24(29(23)22-12-13-22)30-17-18-8-10-21(25)11-9-18/h8-11,14-16,22H,2-5,12-13,17H2,1H3. The van der Waals surface area contributed by atoms with E-state index in [2.05, 4.69) is 56.7 Å². The summed E-state index contributed by atoms with van der Waals surface area (Å²) in [5.74, 6) is 8.24. The van der Waals surface area contributed by atoms with Crippen LogP contribution in [0.5, 0.6) is 0 Å². The lowest BCUT2D eigenvalue weighted by molar-refractivity contribution is 0.669. The van der Waals surface area contributed by atoms with Gasteiger partial charge in [0.2, 0.25) is 0 Å². The van der Waals surface area contributed by atoms with Crippen LogP contribution in [0.3, 0.4) is 0 Å². The minimum Gasteiger partial charge on any atom is -0.299 e. The molecule has 4 rings (SSSR count). The molecule has 1 aliphatic rings. The zero-order valence-electron chi connectivity index (χ0n) is 17.1. The summed E-state index contributed by atoms with van der Waals surface area (Å²) in [6.45, 7) is 2.21. The first-order chi connectivity index (χ1) is 14.7. The van der Waals surface area contributed by atoms with Crippen molar-refractivity contribution < 1.29 is 0 Å². The SMILES string of the molecule is CCCCCC#Cc1cncc(-c2nnc(SCc3ccc(Cl)cc3)n2C2CC2)c1. The predicted octanol–water partition coefficient (Wildman–Crippen LogP) is 6.55. The quantitative estimate of drug-likeness (QED) is 0.228. The van der Waals surface area contributed by atoms with E-state index < -0.39 is 0 Å². The van der Waals surface area contributed by atoms with Crippen molar-refractivity contribution in [3.8, 4) is 23.2 Å². The Morgan fingerprint density at radius 2 is 1.97 bits per heavy atom. The highest BCUT2D eigenvalue weighted by Crippen LogP contribution is 2.41. The van der Waals surface area contributed by atoms with Gasteiger partial charge in [0.25, 0.3) is 0 Å². The van der Waals surface area contributed by atoms with E-state index in [4.69, 9.17) is 11.6 Å². The van der Waals surface area contributed by atoms with Crippen molar-refractivity contribution in [3.63, 3.8) is 0 Å². The van der Waals surface area contributed by atoms with Crippen LogP contribution in [0.4, 0.5) is 0 Å². The molecule has 30 heavy (non-hydrogen) atoms. The van der Waals surface area contributed by atoms with E-state index in [-0.39, 0.29) is 0 Å². The monoisotopic (exact) mass is 436 g/mol. The highest BCUT2D eigenvalue weighted by molar-refractivity contribution is 7.98. The number of halogens is 1. The topological polar surface area (TPSA) is 43.6 Å². The lowest BCUT2D eigenvalue weighted by Gasteiger charge is -2.09. The van der Waals surface area contributed by atoms with Crippen molar-refractivity contribution in [1.29, 1.82) is 0 Å². The van der Waals surface area contributed by atoms with Crippen molar-refractivity contribution in [1.82, 2.24) is 19.7 Å². The predicted molar refractivity (Wildman–Crippen MR) is 124 cm³/mol. The second-order valence-electron chi connectivity index (χ2n) is 7.54. The summed E-state index contributed by atoms with van der Waals surface area (Å²) in [5, 5.41) is 10.7.